The van der Waals surface area contributed by atoms with Gasteiger partial charge in [0.2, 0.25) is 0 Å². The predicted octanol–water partition coefficient (Wildman–Crippen LogP) is 2.56. The van der Waals surface area contributed by atoms with Crippen LogP contribution in [0.5, 0.6) is 0 Å². The Labute approximate surface area is 95.1 Å². The van der Waals surface area contributed by atoms with Crippen LogP contribution in [0.4, 0.5) is 5.82 Å². The molecule has 1 aromatic rings. The van der Waals surface area contributed by atoms with Gasteiger partial charge in [-0.15, -0.1) is 0 Å². The molecule has 1 aliphatic rings. The lowest BCUT2D eigenvalue weighted by atomic mass is 9.95. The van der Waals surface area contributed by atoms with Crippen molar-refractivity contribution in [1.82, 2.24) is 9.97 Å². The zero-order valence-corrected chi connectivity index (χ0v) is 9.83. The molecule has 0 amide bonds. The van der Waals surface area contributed by atoms with Crippen LogP contribution in [0.15, 0.2) is 18.6 Å². The maximum atomic E-state index is 4.21. The quantitative estimate of drug-likeness (QED) is 0.854. The first-order chi connectivity index (χ1) is 7.40. The van der Waals surface area contributed by atoms with Gasteiger partial charge in [0, 0.05) is 17.5 Å². The van der Waals surface area contributed by atoms with Gasteiger partial charge >= 0.3 is 0 Å². The van der Waals surface area contributed by atoms with E-state index < -0.39 is 0 Å². The molecule has 4 heteroatoms. The van der Waals surface area contributed by atoms with Crippen molar-refractivity contribution in [3.8, 4) is 0 Å². The molecular weight excluding hydrogens is 206 g/mol. The highest BCUT2D eigenvalue weighted by atomic mass is 32.2. The number of hydrogen-bond acceptors (Lipinski definition) is 4. The molecule has 1 fully saturated rings. The Hall–Kier alpha value is -0.770. The van der Waals surface area contributed by atoms with Gasteiger partial charge in [-0.2, -0.15) is 11.8 Å². The monoisotopic (exact) mass is 223 g/mol. The van der Waals surface area contributed by atoms with E-state index in [9.17, 15) is 0 Å². The number of rotatable bonds is 3. The maximum Gasteiger partial charge on any atom is 0.129 e. The Morgan fingerprint density at radius 1 is 1.40 bits per heavy atom. The molecular formula is C11H17N3S. The summed E-state index contributed by atoms with van der Waals surface area (Å²) in [6, 6.07) is 2.51. The molecule has 1 saturated carbocycles. The Morgan fingerprint density at radius 3 is 3.00 bits per heavy atom. The van der Waals surface area contributed by atoms with Crippen molar-refractivity contribution in [3.05, 3.63) is 18.6 Å². The molecule has 1 N–H and O–H groups in total. The van der Waals surface area contributed by atoms with E-state index in [0.717, 1.165) is 11.1 Å². The second kappa shape index (κ2) is 5.35. The molecule has 1 aromatic heterocycles. The molecule has 1 aliphatic carbocycles. The number of anilines is 1. The molecule has 3 nitrogen and oxygen atoms in total. The highest BCUT2D eigenvalue weighted by Gasteiger charge is 2.24. The number of thioether (sulfide) groups is 1. The van der Waals surface area contributed by atoms with Crippen LogP contribution in [0.2, 0.25) is 0 Å². The molecule has 0 aromatic carbocycles. The average molecular weight is 223 g/mol. The Morgan fingerprint density at radius 2 is 2.27 bits per heavy atom. The van der Waals surface area contributed by atoms with Gasteiger partial charge in [0.15, 0.2) is 0 Å². The molecule has 0 spiro atoms. The van der Waals surface area contributed by atoms with Crippen molar-refractivity contribution in [2.45, 2.75) is 37.0 Å². The summed E-state index contributed by atoms with van der Waals surface area (Å²) in [7, 11) is 0. The van der Waals surface area contributed by atoms with E-state index in [1.807, 2.05) is 17.8 Å². The van der Waals surface area contributed by atoms with Gasteiger partial charge in [0.1, 0.15) is 12.1 Å². The lowest BCUT2D eigenvalue weighted by Gasteiger charge is -2.31. The number of hydrogen-bond donors (Lipinski definition) is 1. The Kier molecular flexibility index (Phi) is 3.83. The third kappa shape index (κ3) is 2.84. The first kappa shape index (κ1) is 10.7. The minimum absolute atomic E-state index is 0.573. The molecule has 0 bridgehead atoms. The van der Waals surface area contributed by atoms with Crippen molar-refractivity contribution in [2.24, 2.45) is 0 Å². The standard InChI is InChI=1S/C11H17N3S/c1-15-10-5-3-2-4-9(10)14-11-6-7-12-8-13-11/h6-10H,2-5H2,1H3,(H,12,13,14). The third-order valence-electron chi connectivity index (χ3n) is 2.92. The Bertz CT molecular complexity index is 291. The van der Waals surface area contributed by atoms with Gasteiger partial charge in [0.05, 0.1) is 0 Å². The van der Waals surface area contributed by atoms with Gasteiger partial charge in [-0.3, -0.25) is 0 Å². The van der Waals surface area contributed by atoms with E-state index >= 15 is 0 Å². The van der Waals surface area contributed by atoms with Crippen molar-refractivity contribution in [1.29, 1.82) is 0 Å². The van der Waals surface area contributed by atoms with E-state index in [-0.39, 0.29) is 0 Å². The fraction of sp³-hybridized carbons (Fsp3) is 0.636. The van der Waals surface area contributed by atoms with Crippen LogP contribution in [0.25, 0.3) is 0 Å². The molecule has 2 unspecified atom stereocenters. The van der Waals surface area contributed by atoms with Crippen molar-refractivity contribution < 1.29 is 0 Å². The van der Waals surface area contributed by atoms with E-state index in [4.69, 9.17) is 0 Å². The molecule has 2 atom stereocenters. The van der Waals surface area contributed by atoms with Crippen molar-refractivity contribution in [3.63, 3.8) is 0 Å². The van der Waals surface area contributed by atoms with Gasteiger partial charge in [-0.05, 0) is 25.2 Å². The van der Waals surface area contributed by atoms with Crippen LogP contribution >= 0.6 is 11.8 Å². The first-order valence-corrected chi connectivity index (χ1v) is 6.74. The minimum Gasteiger partial charge on any atom is -0.366 e. The lowest BCUT2D eigenvalue weighted by Crippen LogP contribution is -2.34. The maximum absolute atomic E-state index is 4.21. The van der Waals surface area contributed by atoms with Crippen LogP contribution < -0.4 is 5.32 Å². The summed E-state index contributed by atoms with van der Waals surface area (Å²) >= 11 is 1.97. The SMILES string of the molecule is CSC1CCCCC1Nc1ccncn1. The van der Waals surface area contributed by atoms with Crippen LogP contribution in [-0.2, 0) is 0 Å². The second-order valence-corrected chi connectivity index (χ2v) is 4.98. The summed E-state index contributed by atoms with van der Waals surface area (Å²) in [5, 5.41) is 4.24. The fourth-order valence-corrected chi connectivity index (χ4v) is 3.05. The summed E-state index contributed by atoms with van der Waals surface area (Å²) < 4.78 is 0. The van der Waals surface area contributed by atoms with Crippen LogP contribution in [0.3, 0.4) is 0 Å². The normalized spacial score (nSPS) is 26.2. The first-order valence-electron chi connectivity index (χ1n) is 5.45. The minimum atomic E-state index is 0.573. The molecule has 0 saturated heterocycles. The number of aromatic nitrogens is 2. The highest BCUT2D eigenvalue weighted by Crippen LogP contribution is 2.28. The van der Waals surface area contributed by atoms with Crippen molar-refractivity contribution in [2.75, 3.05) is 11.6 Å². The van der Waals surface area contributed by atoms with Gasteiger partial charge in [-0.1, -0.05) is 12.8 Å². The van der Waals surface area contributed by atoms with Gasteiger partial charge < -0.3 is 5.32 Å². The molecule has 0 radical (unpaired) electrons. The summed E-state index contributed by atoms with van der Waals surface area (Å²) in [6.07, 6.45) is 10.9. The Balaban J connectivity index is 1.97. The van der Waals surface area contributed by atoms with Crippen LogP contribution in [-0.4, -0.2) is 27.5 Å². The number of nitrogens with one attached hydrogen (secondary N) is 1. The zero-order chi connectivity index (χ0) is 10.5. The second-order valence-electron chi connectivity index (χ2n) is 3.90. The predicted molar refractivity (Wildman–Crippen MR) is 65.2 cm³/mol. The van der Waals surface area contributed by atoms with Crippen molar-refractivity contribution >= 4 is 17.6 Å². The van der Waals surface area contributed by atoms with Gasteiger partial charge in [-0.25, -0.2) is 9.97 Å². The molecule has 15 heavy (non-hydrogen) atoms. The average Bonchev–Trinajstić information content (AvgIpc) is 2.31. The smallest absolute Gasteiger partial charge is 0.129 e. The fourth-order valence-electron chi connectivity index (χ4n) is 2.11. The van der Waals surface area contributed by atoms with E-state index in [2.05, 4.69) is 21.5 Å². The molecule has 2 rings (SSSR count). The molecule has 0 aliphatic heterocycles. The zero-order valence-electron chi connectivity index (χ0n) is 9.02. The summed E-state index contributed by atoms with van der Waals surface area (Å²) in [5.74, 6) is 0.955. The lowest BCUT2D eigenvalue weighted by molar-refractivity contribution is 0.474. The molecule has 82 valence electrons. The van der Waals surface area contributed by atoms with Crippen LogP contribution in [0.1, 0.15) is 25.7 Å². The molecule has 1 heterocycles. The largest absolute Gasteiger partial charge is 0.366 e. The van der Waals surface area contributed by atoms with E-state index in [1.54, 1.807) is 12.5 Å². The van der Waals surface area contributed by atoms with Gasteiger partial charge in [0.25, 0.3) is 0 Å². The van der Waals surface area contributed by atoms with E-state index in [0.29, 0.717) is 6.04 Å². The summed E-state index contributed by atoms with van der Waals surface area (Å²) in [5.41, 5.74) is 0. The third-order valence-corrected chi connectivity index (χ3v) is 4.09. The van der Waals surface area contributed by atoms with E-state index in [1.165, 1.54) is 25.7 Å². The van der Waals surface area contributed by atoms with Crippen LogP contribution in [0, 0.1) is 0 Å². The number of nitrogens with zero attached hydrogens (tertiary/aromatic N) is 2. The summed E-state index contributed by atoms with van der Waals surface area (Å²) in [6.45, 7) is 0. The topological polar surface area (TPSA) is 37.8 Å². The summed E-state index contributed by atoms with van der Waals surface area (Å²) in [4.78, 5) is 8.13. The highest BCUT2D eigenvalue weighted by molar-refractivity contribution is 7.99.